The van der Waals surface area contributed by atoms with E-state index in [1.165, 1.54) is 14.2 Å². The van der Waals surface area contributed by atoms with Crippen LogP contribution >= 0.6 is 11.6 Å². The number of Topliss-reactive ketones (excluding diaryl/α,β-unsaturated/α-hetero) is 1. The minimum atomic E-state index is -0.968. The van der Waals surface area contributed by atoms with Crippen molar-refractivity contribution in [3.05, 3.63) is 58.6 Å². The Kier molecular flexibility index (Phi) is 6.60. The van der Waals surface area contributed by atoms with Crippen molar-refractivity contribution in [2.24, 2.45) is 5.92 Å². The molecule has 0 amide bonds. The summed E-state index contributed by atoms with van der Waals surface area (Å²) < 4.78 is 10.5. The predicted octanol–water partition coefficient (Wildman–Crippen LogP) is 4.38. The molecule has 0 aromatic heterocycles. The van der Waals surface area contributed by atoms with Crippen molar-refractivity contribution in [3.63, 3.8) is 0 Å². The van der Waals surface area contributed by atoms with E-state index >= 15 is 0 Å². The molecule has 2 aromatic carbocycles. The van der Waals surface area contributed by atoms with E-state index in [1.807, 2.05) is 12.1 Å². The molecule has 0 spiro atoms. The molecule has 0 N–H and O–H groups in total. The van der Waals surface area contributed by atoms with Gasteiger partial charge in [-0.3, -0.25) is 4.79 Å². The Bertz CT molecular complexity index is 852. The number of ketones is 1. The molecule has 0 bridgehead atoms. The van der Waals surface area contributed by atoms with Gasteiger partial charge in [-0.25, -0.2) is 0 Å². The second kappa shape index (κ2) is 8.89. The number of carbonyl (C=O) groups is 1. The standard InChI is InChI=1S/C20H17ClN2O3/c1-25-19-8-5-14(9-20(19)26-2)17(15(11-22)12-23)10-18(24)13-3-6-16(21)7-4-13/h3-9,15,17H,10H2,1-2H3/t17-/m0/s1. The second-order valence-corrected chi connectivity index (χ2v) is 6.03. The zero-order valence-electron chi connectivity index (χ0n) is 14.4. The lowest BCUT2D eigenvalue weighted by Gasteiger charge is -2.19. The summed E-state index contributed by atoms with van der Waals surface area (Å²) in [6, 6.07) is 15.6. The summed E-state index contributed by atoms with van der Waals surface area (Å²) in [5.41, 5.74) is 1.15. The highest BCUT2D eigenvalue weighted by Gasteiger charge is 2.27. The molecule has 0 fully saturated rings. The molecule has 2 aromatic rings. The molecule has 6 heteroatoms. The molecule has 5 nitrogen and oxygen atoms in total. The molecule has 0 aliphatic rings. The number of hydrogen-bond donors (Lipinski definition) is 0. The SMILES string of the molecule is COc1ccc([C@H](CC(=O)c2ccc(Cl)cc2)C(C#N)C#N)cc1OC. The van der Waals surface area contributed by atoms with Gasteiger partial charge in [0.2, 0.25) is 0 Å². The highest BCUT2D eigenvalue weighted by atomic mass is 35.5. The molecule has 0 saturated heterocycles. The largest absolute Gasteiger partial charge is 0.493 e. The number of ether oxygens (including phenoxy) is 2. The molecule has 1 atom stereocenters. The monoisotopic (exact) mass is 368 g/mol. The molecule has 0 aliphatic heterocycles. The highest BCUT2D eigenvalue weighted by Crippen LogP contribution is 2.35. The molecule has 132 valence electrons. The van der Waals surface area contributed by atoms with E-state index in [9.17, 15) is 15.3 Å². The van der Waals surface area contributed by atoms with Gasteiger partial charge < -0.3 is 9.47 Å². The number of methoxy groups -OCH3 is 2. The Morgan fingerprint density at radius 1 is 1.04 bits per heavy atom. The quantitative estimate of drug-likeness (QED) is 0.677. The summed E-state index contributed by atoms with van der Waals surface area (Å²) in [6.45, 7) is 0. The fourth-order valence-electron chi connectivity index (χ4n) is 2.67. The molecule has 2 rings (SSSR count). The first-order valence-electron chi connectivity index (χ1n) is 7.84. The molecular formula is C20H17ClN2O3. The Balaban J connectivity index is 2.38. The van der Waals surface area contributed by atoms with Crippen LogP contribution in [0.5, 0.6) is 11.5 Å². The van der Waals surface area contributed by atoms with Gasteiger partial charge in [0.15, 0.2) is 17.3 Å². The van der Waals surface area contributed by atoms with Gasteiger partial charge >= 0.3 is 0 Å². The summed E-state index contributed by atoms with van der Waals surface area (Å²) in [4.78, 5) is 12.6. The van der Waals surface area contributed by atoms with Crippen molar-refractivity contribution in [2.75, 3.05) is 14.2 Å². The molecule has 0 unspecified atom stereocenters. The third kappa shape index (κ3) is 4.33. The Hall–Kier alpha value is -3.02. The molecular weight excluding hydrogens is 352 g/mol. The minimum absolute atomic E-state index is 0.0168. The minimum Gasteiger partial charge on any atom is -0.493 e. The Morgan fingerprint density at radius 2 is 1.65 bits per heavy atom. The van der Waals surface area contributed by atoms with E-state index < -0.39 is 11.8 Å². The van der Waals surface area contributed by atoms with Crippen molar-refractivity contribution in [3.8, 4) is 23.6 Å². The maximum atomic E-state index is 12.6. The third-order valence-electron chi connectivity index (χ3n) is 4.09. The maximum Gasteiger partial charge on any atom is 0.163 e. The smallest absolute Gasteiger partial charge is 0.163 e. The Morgan fingerprint density at radius 3 is 2.19 bits per heavy atom. The number of halogens is 1. The number of rotatable bonds is 7. The Labute approximate surface area is 157 Å². The van der Waals surface area contributed by atoms with Crippen LogP contribution in [0, 0.1) is 28.6 Å². The van der Waals surface area contributed by atoms with E-state index in [4.69, 9.17) is 21.1 Å². The van der Waals surface area contributed by atoms with Gasteiger partial charge in [-0.1, -0.05) is 17.7 Å². The first-order valence-corrected chi connectivity index (χ1v) is 8.21. The lowest BCUT2D eigenvalue weighted by Crippen LogP contribution is -2.15. The van der Waals surface area contributed by atoms with Gasteiger partial charge in [0.25, 0.3) is 0 Å². The van der Waals surface area contributed by atoms with E-state index in [0.717, 1.165) is 0 Å². The van der Waals surface area contributed by atoms with E-state index in [-0.39, 0.29) is 12.2 Å². The van der Waals surface area contributed by atoms with Gasteiger partial charge in [-0.05, 0) is 42.0 Å². The van der Waals surface area contributed by atoms with E-state index in [0.29, 0.717) is 27.6 Å². The van der Waals surface area contributed by atoms with E-state index in [2.05, 4.69) is 0 Å². The summed E-state index contributed by atoms with van der Waals surface area (Å²) in [5, 5.41) is 19.2. The summed E-state index contributed by atoms with van der Waals surface area (Å²) >= 11 is 5.85. The average molecular weight is 369 g/mol. The van der Waals surface area contributed by atoms with Crippen LogP contribution in [0.2, 0.25) is 5.02 Å². The van der Waals surface area contributed by atoms with Crippen LogP contribution in [-0.4, -0.2) is 20.0 Å². The van der Waals surface area contributed by atoms with Gasteiger partial charge in [0, 0.05) is 22.9 Å². The van der Waals surface area contributed by atoms with Crippen LogP contribution in [0.25, 0.3) is 0 Å². The third-order valence-corrected chi connectivity index (χ3v) is 4.34. The van der Waals surface area contributed by atoms with Gasteiger partial charge in [0.05, 0.1) is 26.4 Å². The van der Waals surface area contributed by atoms with Crippen molar-refractivity contribution in [1.82, 2.24) is 0 Å². The zero-order chi connectivity index (χ0) is 19.1. The first kappa shape index (κ1) is 19.3. The fraction of sp³-hybridized carbons (Fsp3) is 0.250. The normalized spacial score (nSPS) is 11.3. The molecule has 0 radical (unpaired) electrons. The zero-order valence-corrected chi connectivity index (χ0v) is 15.2. The predicted molar refractivity (Wildman–Crippen MR) is 97.4 cm³/mol. The fourth-order valence-corrected chi connectivity index (χ4v) is 2.80. The lowest BCUT2D eigenvalue weighted by molar-refractivity contribution is 0.0970. The van der Waals surface area contributed by atoms with Gasteiger partial charge in [-0.15, -0.1) is 0 Å². The number of carbonyl (C=O) groups excluding carboxylic acids is 1. The van der Waals surface area contributed by atoms with Crippen LogP contribution in [0.3, 0.4) is 0 Å². The lowest BCUT2D eigenvalue weighted by atomic mass is 9.82. The van der Waals surface area contributed by atoms with Crippen LogP contribution in [0.15, 0.2) is 42.5 Å². The first-order chi connectivity index (χ1) is 12.5. The highest BCUT2D eigenvalue weighted by molar-refractivity contribution is 6.30. The topological polar surface area (TPSA) is 83.1 Å². The van der Waals surface area contributed by atoms with Crippen LogP contribution < -0.4 is 9.47 Å². The van der Waals surface area contributed by atoms with Gasteiger partial charge in [0.1, 0.15) is 5.92 Å². The van der Waals surface area contributed by atoms with Crippen molar-refractivity contribution < 1.29 is 14.3 Å². The molecule has 26 heavy (non-hydrogen) atoms. The number of nitriles is 2. The molecule has 0 heterocycles. The van der Waals surface area contributed by atoms with Crippen LogP contribution in [0.1, 0.15) is 28.3 Å². The molecule has 0 aliphatic carbocycles. The van der Waals surface area contributed by atoms with Crippen LogP contribution in [-0.2, 0) is 0 Å². The van der Waals surface area contributed by atoms with Crippen molar-refractivity contribution in [2.45, 2.75) is 12.3 Å². The van der Waals surface area contributed by atoms with Crippen molar-refractivity contribution in [1.29, 1.82) is 10.5 Å². The number of nitrogens with zero attached hydrogens (tertiary/aromatic N) is 2. The number of hydrogen-bond acceptors (Lipinski definition) is 5. The van der Waals surface area contributed by atoms with Crippen molar-refractivity contribution >= 4 is 17.4 Å². The van der Waals surface area contributed by atoms with Gasteiger partial charge in [-0.2, -0.15) is 10.5 Å². The number of benzene rings is 2. The summed E-state index contributed by atoms with van der Waals surface area (Å²) in [7, 11) is 3.02. The molecule has 0 saturated carbocycles. The maximum absolute atomic E-state index is 12.6. The average Bonchev–Trinajstić information content (AvgIpc) is 2.67. The summed E-state index contributed by atoms with van der Waals surface area (Å²) in [5.74, 6) is -0.720. The van der Waals surface area contributed by atoms with Crippen LogP contribution in [0.4, 0.5) is 0 Å². The second-order valence-electron chi connectivity index (χ2n) is 5.59. The summed E-state index contributed by atoms with van der Waals surface area (Å²) in [6.07, 6.45) is 0.0168. The van der Waals surface area contributed by atoms with E-state index in [1.54, 1.807) is 42.5 Å².